The molecule has 0 spiro atoms. The highest BCUT2D eigenvalue weighted by Gasteiger charge is 2.35. The summed E-state index contributed by atoms with van der Waals surface area (Å²) >= 11 is 71.3. The predicted molar refractivity (Wildman–Crippen MR) is 227 cm³/mol. The summed E-state index contributed by atoms with van der Waals surface area (Å²) in [7, 11) is 3.12. The number of aromatic nitrogens is 6. The quantitative estimate of drug-likeness (QED) is 0.151. The van der Waals surface area contributed by atoms with Gasteiger partial charge in [0, 0.05) is 16.5 Å². The molecule has 0 saturated carbocycles. The van der Waals surface area contributed by atoms with Crippen molar-refractivity contribution in [2.24, 2.45) is 0 Å². The summed E-state index contributed by atoms with van der Waals surface area (Å²) in [6.07, 6.45) is 0. The van der Waals surface area contributed by atoms with Crippen LogP contribution in [0.15, 0.2) is 66.7 Å². The van der Waals surface area contributed by atoms with E-state index in [9.17, 15) is 0 Å². The SMILES string of the molecule is CCOc1ccc2cc(-c3nc(C(Cl)(Cl)Cl)nc(C(Cl)(Cl)Cl)n3)ccc2c1.COc1cccc2c(-c3nc(C(Cl)(Cl)Cl)nc(C(Cl)(Cl)Cl)n3)ccc(OC)c12. The summed E-state index contributed by atoms with van der Waals surface area (Å²) in [6.45, 7) is 2.52. The van der Waals surface area contributed by atoms with Gasteiger partial charge < -0.3 is 14.2 Å². The molecule has 0 aliphatic carbocycles. The molecular weight excluding hydrogens is 966 g/mol. The van der Waals surface area contributed by atoms with Gasteiger partial charge in [-0.2, -0.15) is 0 Å². The lowest BCUT2D eigenvalue weighted by molar-refractivity contribution is 0.341. The molecule has 21 heteroatoms. The number of fused-ring (bicyclic) bond motifs is 2. The topological polar surface area (TPSA) is 105 Å². The number of methoxy groups -OCH3 is 2. The van der Waals surface area contributed by atoms with Gasteiger partial charge in [0.2, 0.25) is 15.2 Å². The Labute approximate surface area is 374 Å². The molecule has 6 aromatic rings. The number of hydrogen-bond donors (Lipinski definition) is 0. The van der Waals surface area contributed by atoms with E-state index in [0.717, 1.165) is 27.3 Å². The first-order valence-electron chi connectivity index (χ1n) is 15.3. The zero-order chi connectivity index (χ0) is 40.5. The lowest BCUT2D eigenvalue weighted by Gasteiger charge is -2.17. The van der Waals surface area contributed by atoms with Gasteiger partial charge in [0.15, 0.2) is 34.9 Å². The molecule has 0 aliphatic heterocycles. The average Bonchev–Trinajstić information content (AvgIpc) is 3.12. The second-order valence-corrected chi connectivity index (χ2v) is 20.1. The zero-order valence-corrected chi connectivity index (χ0v) is 37.1. The van der Waals surface area contributed by atoms with Crippen LogP contribution < -0.4 is 14.2 Å². The maximum atomic E-state index is 5.96. The first-order chi connectivity index (χ1) is 25.6. The van der Waals surface area contributed by atoms with Crippen molar-refractivity contribution in [3.05, 3.63) is 90.0 Å². The maximum absolute atomic E-state index is 5.96. The molecule has 0 bridgehead atoms. The van der Waals surface area contributed by atoms with Crippen molar-refractivity contribution in [2.75, 3.05) is 20.8 Å². The first-order valence-corrected chi connectivity index (χ1v) is 19.8. The summed E-state index contributed by atoms with van der Waals surface area (Å²) in [5.41, 5.74) is 1.24. The Bertz CT molecular complexity index is 2270. The summed E-state index contributed by atoms with van der Waals surface area (Å²) in [4.78, 5) is 24.9. The molecular formula is C34H22Cl12N6O3. The van der Waals surface area contributed by atoms with Gasteiger partial charge in [-0.15, -0.1) is 0 Å². The van der Waals surface area contributed by atoms with Crippen LogP contribution in [-0.2, 0) is 15.2 Å². The molecule has 55 heavy (non-hydrogen) atoms. The highest BCUT2D eigenvalue weighted by atomic mass is 35.6. The van der Waals surface area contributed by atoms with E-state index >= 15 is 0 Å². The Morgan fingerprint density at radius 2 is 0.982 bits per heavy atom. The number of hydrogen-bond acceptors (Lipinski definition) is 9. The Kier molecular flexibility index (Phi) is 14.3. The van der Waals surface area contributed by atoms with Gasteiger partial charge in [-0.05, 0) is 54.1 Å². The number of alkyl halides is 12. The minimum Gasteiger partial charge on any atom is -0.496 e. The minimum absolute atomic E-state index is 0.134. The Hall–Kier alpha value is -1.70. The van der Waals surface area contributed by atoms with E-state index in [0.29, 0.717) is 29.2 Å². The molecule has 0 aliphatic rings. The average molecular weight is 988 g/mol. The standard InChI is InChI=1S/C17H11Cl6N3O2.C17H11Cl6N3O/c1-27-10-5-3-4-8-9(6-7-11(28-2)12(8)10)13-24-14(16(18,19)20)26-15(25-13)17(21,22)23;1-2-27-12-6-5-9-7-11(4-3-10(9)8-12)13-24-14(16(18,19)20)26-15(25-13)17(21,22)23/h3-7H,1-2H3;3-8H,2H2,1H3. The molecule has 0 amide bonds. The summed E-state index contributed by atoms with van der Waals surface area (Å²) in [5, 5.41) is 3.39. The molecule has 0 unspecified atom stereocenters. The highest BCUT2D eigenvalue weighted by molar-refractivity contribution is 6.68. The van der Waals surface area contributed by atoms with Crippen LogP contribution in [0.4, 0.5) is 0 Å². The summed E-state index contributed by atoms with van der Waals surface area (Å²) in [6, 6.07) is 20.3. The molecule has 2 aromatic heterocycles. The number of rotatable bonds is 6. The number of nitrogens with zero attached hydrogens (tertiary/aromatic N) is 6. The molecule has 290 valence electrons. The molecule has 0 saturated heterocycles. The maximum Gasteiger partial charge on any atom is 0.250 e. The van der Waals surface area contributed by atoms with Gasteiger partial charge in [0.1, 0.15) is 17.2 Å². The fourth-order valence-electron chi connectivity index (χ4n) is 5.00. The van der Waals surface area contributed by atoms with E-state index < -0.39 is 15.2 Å². The normalized spacial score (nSPS) is 12.3. The predicted octanol–water partition coefficient (Wildman–Crippen LogP) is 13.1. The van der Waals surface area contributed by atoms with Gasteiger partial charge in [0.25, 0.3) is 0 Å². The van der Waals surface area contributed by atoms with Crippen molar-refractivity contribution >= 4 is 161 Å². The third kappa shape index (κ3) is 10.9. The fourth-order valence-corrected chi connectivity index (χ4v) is 6.02. The molecule has 4 aromatic carbocycles. The second kappa shape index (κ2) is 17.7. The van der Waals surface area contributed by atoms with Crippen molar-refractivity contribution in [2.45, 2.75) is 22.1 Å². The van der Waals surface area contributed by atoms with E-state index in [1.54, 1.807) is 26.4 Å². The van der Waals surface area contributed by atoms with Crippen LogP contribution in [0.3, 0.4) is 0 Å². The van der Waals surface area contributed by atoms with Crippen LogP contribution in [0.2, 0.25) is 0 Å². The van der Waals surface area contributed by atoms with E-state index in [2.05, 4.69) is 29.9 Å². The second-order valence-electron chi connectivity index (χ2n) is 11.0. The van der Waals surface area contributed by atoms with Crippen LogP contribution in [0.5, 0.6) is 17.2 Å². The molecule has 2 heterocycles. The van der Waals surface area contributed by atoms with Crippen molar-refractivity contribution < 1.29 is 14.2 Å². The van der Waals surface area contributed by atoms with E-state index in [1.807, 2.05) is 61.5 Å². The van der Waals surface area contributed by atoms with Gasteiger partial charge >= 0.3 is 0 Å². The van der Waals surface area contributed by atoms with Crippen LogP contribution in [0.25, 0.3) is 44.3 Å². The number of ether oxygens (including phenoxy) is 3. The van der Waals surface area contributed by atoms with Crippen molar-refractivity contribution in [1.29, 1.82) is 0 Å². The van der Waals surface area contributed by atoms with E-state index in [-0.39, 0.29) is 34.9 Å². The third-order valence-corrected chi connectivity index (χ3v) is 9.34. The lowest BCUT2D eigenvalue weighted by atomic mass is 10.0. The smallest absolute Gasteiger partial charge is 0.250 e. The van der Waals surface area contributed by atoms with E-state index in [4.69, 9.17) is 153 Å². The van der Waals surface area contributed by atoms with Gasteiger partial charge in [-0.1, -0.05) is 170 Å². The fraction of sp³-hybridized carbons (Fsp3) is 0.235. The lowest BCUT2D eigenvalue weighted by Crippen LogP contribution is -2.16. The third-order valence-electron chi connectivity index (χ3n) is 7.31. The summed E-state index contributed by atoms with van der Waals surface area (Å²) < 4.78 is 8.75. The van der Waals surface area contributed by atoms with Crippen LogP contribution in [-0.4, -0.2) is 50.7 Å². The number of halogens is 12. The molecule has 6 rings (SSSR count). The highest BCUT2D eigenvalue weighted by Crippen LogP contribution is 2.44. The number of benzene rings is 4. The monoisotopic (exact) mass is 982 g/mol. The molecule has 0 radical (unpaired) electrons. The first kappa shape index (κ1) is 44.4. The van der Waals surface area contributed by atoms with Crippen LogP contribution in [0, 0.1) is 0 Å². The Morgan fingerprint density at radius 3 is 1.47 bits per heavy atom. The minimum atomic E-state index is -1.94. The Morgan fingerprint density at radius 1 is 0.509 bits per heavy atom. The van der Waals surface area contributed by atoms with E-state index in [1.165, 1.54) is 0 Å². The molecule has 0 N–H and O–H groups in total. The van der Waals surface area contributed by atoms with Gasteiger partial charge in [0.05, 0.1) is 26.2 Å². The summed E-state index contributed by atoms with van der Waals surface area (Å²) in [5.74, 6) is 1.78. The molecule has 0 atom stereocenters. The Balaban J connectivity index is 0.000000211. The van der Waals surface area contributed by atoms with Crippen LogP contribution in [0.1, 0.15) is 30.2 Å². The van der Waals surface area contributed by atoms with Crippen LogP contribution >= 0.6 is 139 Å². The molecule has 0 fully saturated rings. The zero-order valence-electron chi connectivity index (χ0n) is 28.0. The van der Waals surface area contributed by atoms with Gasteiger partial charge in [-0.3, -0.25) is 0 Å². The van der Waals surface area contributed by atoms with Gasteiger partial charge in [-0.25, -0.2) is 29.9 Å². The van der Waals surface area contributed by atoms with Crippen molar-refractivity contribution in [3.63, 3.8) is 0 Å². The largest absolute Gasteiger partial charge is 0.496 e. The van der Waals surface area contributed by atoms with Crippen molar-refractivity contribution in [1.82, 2.24) is 29.9 Å². The molecule has 9 nitrogen and oxygen atoms in total. The van der Waals surface area contributed by atoms with Crippen molar-refractivity contribution in [3.8, 4) is 40.0 Å².